The molecule has 0 aliphatic carbocycles. The maximum absolute atomic E-state index is 5.62. The molecule has 0 saturated heterocycles. The van der Waals surface area contributed by atoms with Crippen LogP contribution in [-0.4, -0.2) is 29.3 Å². The number of imidazole rings is 1. The second kappa shape index (κ2) is 7.57. The molecule has 0 spiro atoms. The molecule has 1 heterocycles. The van der Waals surface area contributed by atoms with Crippen molar-refractivity contribution in [1.29, 1.82) is 0 Å². The zero-order chi connectivity index (χ0) is 15.1. The average Bonchev–Trinajstić information content (AvgIpc) is 2.88. The largest absolute Gasteiger partial charge is 0.490 e. The summed E-state index contributed by atoms with van der Waals surface area (Å²) in [6, 6.07) is 5.93. The van der Waals surface area contributed by atoms with E-state index < -0.39 is 0 Å². The third-order valence-electron chi connectivity index (χ3n) is 3.15. The molecule has 5 heteroatoms. The second-order valence-corrected chi connectivity index (χ2v) is 4.62. The molecular formula is C16H23N3O2. The summed E-state index contributed by atoms with van der Waals surface area (Å²) in [4.78, 5) is 4.21. The van der Waals surface area contributed by atoms with E-state index in [1.165, 1.54) is 0 Å². The van der Waals surface area contributed by atoms with Crippen molar-refractivity contribution in [3.63, 3.8) is 0 Å². The van der Waals surface area contributed by atoms with Crippen LogP contribution in [0, 0.1) is 6.92 Å². The van der Waals surface area contributed by atoms with Gasteiger partial charge in [-0.1, -0.05) is 0 Å². The molecule has 0 aliphatic rings. The molecule has 0 unspecified atom stereocenters. The Labute approximate surface area is 125 Å². The lowest BCUT2D eigenvalue weighted by molar-refractivity contribution is 0.288. The number of hydrogen-bond donors (Lipinski definition) is 1. The van der Waals surface area contributed by atoms with Gasteiger partial charge in [-0.05, 0) is 32.9 Å². The molecule has 21 heavy (non-hydrogen) atoms. The van der Waals surface area contributed by atoms with E-state index in [1.54, 1.807) is 0 Å². The van der Waals surface area contributed by atoms with Crippen LogP contribution in [0.3, 0.4) is 0 Å². The van der Waals surface area contributed by atoms with E-state index in [0.717, 1.165) is 36.1 Å². The normalized spacial score (nSPS) is 10.4. The fraction of sp³-hybridized carbons (Fsp3) is 0.438. The molecular weight excluding hydrogens is 266 g/mol. The molecule has 0 radical (unpaired) electrons. The van der Waals surface area contributed by atoms with E-state index >= 15 is 0 Å². The van der Waals surface area contributed by atoms with Crippen LogP contribution in [-0.2, 0) is 6.54 Å². The minimum absolute atomic E-state index is 0.623. The number of nitrogens with one attached hydrogen (secondary N) is 1. The maximum Gasteiger partial charge on any atom is 0.163 e. The summed E-state index contributed by atoms with van der Waals surface area (Å²) in [7, 11) is 0. The van der Waals surface area contributed by atoms with Gasteiger partial charge in [0.25, 0.3) is 0 Å². The maximum atomic E-state index is 5.62. The average molecular weight is 289 g/mol. The van der Waals surface area contributed by atoms with Gasteiger partial charge in [0.2, 0.25) is 0 Å². The number of anilines is 1. The van der Waals surface area contributed by atoms with Crippen LogP contribution in [0.4, 0.5) is 5.69 Å². The molecule has 1 N–H and O–H groups in total. The summed E-state index contributed by atoms with van der Waals surface area (Å²) in [5.74, 6) is 2.59. The Morgan fingerprint density at radius 1 is 1.14 bits per heavy atom. The van der Waals surface area contributed by atoms with Gasteiger partial charge in [-0.2, -0.15) is 0 Å². The molecule has 0 saturated carbocycles. The Morgan fingerprint density at radius 3 is 2.57 bits per heavy atom. The Morgan fingerprint density at radius 2 is 1.90 bits per heavy atom. The highest BCUT2D eigenvalue weighted by atomic mass is 16.5. The standard InChI is InChI=1S/C16H23N3O2/c1-4-20-15-7-6-14(12-16(15)21-5-2)18-9-11-19-10-8-17-13(19)3/h6-8,10,12,18H,4-5,9,11H2,1-3H3. The summed E-state index contributed by atoms with van der Waals surface area (Å²) >= 11 is 0. The van der Waals surface area contributed by atoms with Crippen LogP contribution >= 0.6 is 0 Å². The van der Waals surface area contributed by atoms with Gasteiger partial charge in [0.15, 0.2) is 11.5 Å². The van der Waals surface area contributed by atoms with Crippen molar-refractivity contribution < 1.29 is 9.47 Å². The molecule has 1 aromatic carbocycles. The smallest absolute Gasteiger partial charge is 0.163 e. The fourth-order valence-corrected chi connectivity index (χ4v) is 2.12. The molecule has 2 aromatic rings. The highest BCUT2D eigenvalue weighted by Crippen LogP contribution is 2.30. The highest BCUT2D eigenvalue weighted by Gasteiger charge is 2.06. The van der Waals surface area contributed by atoms with Crippen molar-refractivity contribution in [1.82, 2.24) is 9.55 Å². The fourth-order valence-electron chi connectivity index (χ4n) is 2.12. The van der Waals surface area contributed by atoms with Crippen molar-refractivity contribution >= 4 is 5.69 Å². The molecule has 0 amide bonds. The van der Waals surface area contributed by atoms with Crippen molar-refractivity contribution in [2.75, 3.05) is 25.1 Å². The Kier molecular flexibility index (Phi) is 5.49. The second-order valence-electron chi connectivity index (χ2n) is 4.62. The summed E-state index contributed by atoms with van der Waals surface area (Å²) in [6.45, 7) is 8.90. The lowest BCUT2D eigenvalue weighted by Crippen LogP contribution is -2.11. The number of ether oxygens (including phenoxy) is 2. The first-order chi connectivity index (χ1) is 10.2. The van der Waals surface area contributed by atoms with Gasteiger partial charge in [0.1, 0.15) is 5.82 Å². The molecule has 0 bridgehead atoms. The van der Waals surface area contributed by atoms with Crippen LogP contribution in [0.1, 0.15) is 19.7 Å². The van der Waals surface area contributed by atoms with Crippen LogP contribution in [0.25, 0.3) is 0 Å². The minimum atomic E-state index is 0.623. The number of aryl methyl sites for hydroxylation is 1. The summed E-state index contributed by atoms with van der Waals surface area (Å²) in [5.41, 5.74) is 1.03. The van der Waals surface area contributed by atoms with Gasteiger partial charge in [-0.15, -0.1) is 0 Å². The molecule has 0 atom stereocenters. The first-order valence-electron chi connectivity index (χ1n) is 7.35. The molecule has 0 aliphatic heterocycles. The van der Waals surface area contributed by atoms with E-state index in [1.807, 2.05) is 51.4 Å². The van der Waals surface area contributed by atoms with E-state index in [4.69, 9.17) is 9.47 Å². The van der Waals surface area contributed by atoms with Crippen LogP contribution < -0.4 is 14.8 Å². The zero-order valence-corrected chi connectivity index (χ0v) is 12.9. The molecule has 5 nitrogen and oxygen atoms in total. The lowest BCUT2D eigenvalue weighted by Gasteiger charge is -2.14. The van der Waals surface area contributed by atoms with Gasteiger partial charge in [0.05, 0.1) is 13.2 Å². The van der Waals surface area contributed by atoms with Crippen molar-refractivity contribution in [2.24, 2.45) is 0 Å². The van der Waals surface area contributed by atoms with Gasteiger partial charge in [0, 0.05) is 37.2 Å². The van der Waals surface area contributed by atoms with E-state index in [0.29, 0.717) is 13.2 Å². The lowest BCUT2D eigenvalue weighted by atomic mass is 10.2. The predicted molar refractivity (Wildman–Crippen MR) is 84.2 cm³/mol. The zero-order valence-electron chi connectivity index (χ0n) is 12.9. The Balaban J connectivity index is 1.96. The summed E-state index contributed by atoms with van der Waals surface area (Å²) in [6.07, 6.45) is 3.81. The minimum Gasteiger partial charge on any atom is -0.490 e. The van der Waals surface area contributed by atoms with Gasteiger partial charge in [-0.3, -0.25) is 0 Å². The Hall–Kier alpha value is -2.17. The van der Waals surface area contributed by atoms with E-state index in [2.05, 4.69) is 14.9 Å². The first-order valence-corrected chi connectivity index (χ1v) is 7.35. The third kappa shape index (κ3) is 4.15. The molecule has 0 fully saturated rings. The predicted octanol–water partition coefficient (Wildman–Crippen LogP) is 3.10. The summed E-state index contributed by atoms with van der Waals surface area (Å²) < 4.78 is 13.3. The van der Waals surface area contributed by atoms with Crippen molar-refractivity contribution in [3.8, 4) is 11.5 Å². The molecule has 2 rings (SSSR count). The summed E-state index contributed by atoms with van der Waals surface area (Å²) in [5, 5.41) is 3.39. The third-order valence-corrected chi connectivity index (χ3v) is 3.15. The highest BCUT2D eigenvalue weighted by molar-refractivity contribution is 5.54. The van der Waals surface area contributed by atoms with Gasteiger partial charge in [-0.25, -0.2) is 4.98 Å². The number of rotatable bonds is 8. The van der Waals surface area contributed by atoms with Gasteiger partial charge < -0.3 is 19.4 Å². The van der Waals surface area contributed by atoms with Crippen molar-refractivity contribution in [3.05, 3.63) is 36.4 Å². The topological polar surface area (TPSA) is 48.3 Å². The first kappa shape index (κ1) is 15.2. The van der Waals surface area contributed by atoms with Gasteiger partial charge >= 0.3 is 0 Å². The number of benzene rings is 1. The molecule has 114 valence electrons. The number of nitrogens with zero attached hydrogens (tertiary/aromatic N) is 2. The van der Waals surface area contributed by atoms with Crippen molar-refractivity contribution in [2.45, 2.75) is 27.3 Å². The van der Waals surface area contributed by atoms with E-state index in [-0.39, 0.29) is 0 Å². The Bertz CT molecular complexity index is 566. The number of hydrogen-bond acceptors (Lipinski definition) is 4. The quantitative estimate of drug-likeness (QED) is 0.811. The van der Waals surface area contributed by atoms with Crippen LogP contribution in [0.15, 0.2) is 30.6 Å². The molecule has 1 aromatic heterocycles. The number of aromatic nitrogens is 2. The SMILES string of the molecule is CCOc1ccc(NCCn2ccnc2C)cc1OCC. The van der Waals surface area contributed by atoms with Crippen LogP contribution in [0.2, 0.25) is 0 Å². The van der Waals surface area contributed by atoms with Crippen LogP contribution in [0.5, 0.6) is 11.5 Å². The van der Waals surface area contributed by atoms with E-state index in [9.17, 15) is 0 Å². The monoisotopic (exact) mass is 289 g/mol.